The molecular weight excluding hydrogens is 450 g/mol. The fourth-order valence-electron chi connectivity index (χ4n) is 4.26. The van der Waals surface area contributed by atoms with Gasteiger partial charge in [-0.2, -0.15) is 0 Å². The molecule has 3 aromatic carbocycles. The second-order valence-corrected chi connectivity index (χ2v) is 7.98. The molecule has 4 aromatic rings. The topological polar surface area (TPSA) is 104 Å². The standard InChI is InChI=1S/C27H21NO7/c1-32-18-13-11-17(12-14-18)28-25(29)24-21(15-7-9-16(10-8-15)26(30)33-2)22-23(35-24)19-5-3-4-6-20(19)34-27(22)31/h3-14,21,24H,1-2H3,(H,28,29)/t21-,24+/m0/s1. The third-order valence-corrected chi connectivity index (χ3v) is 5.96. The van der Waals surface area contributed by atoms with Crippen LogP contribution < -0.4 is 20.4 Å². The Hall–Kier alpha value is -4.59. The molecule has 2 heterocycles. The van der Waals surface area contributed by atoms with Crippen LogP contribution in [-0.4, -0.2) is 32.2 Å². The smallest absolute Gasteiger partial charge is 0.344 e. The number of methoxy groups -OCH3 is 2. The molecular formula is C27H21NO7. The van der Waals surface area contributed by atoms with E-state index in [1.165, 1.54) is 7.11 Å². The largest absolute Gasteiger partial charge is 0.497 e. The molecule has 0 bridgehead atoms. The molecule has 8 nitrogen and oxygen atoms in total. The highest BCUT2D eigenvalue weighted by Crippen LogP contribution is 2.44. The second-order valence-electron chi connectivity index (χ2n) is 7.98. The van der Waals surface area contributed by atoms with Crippen LogP contribution in [0.4, 0.5) is 5.69 Å². The van der Waals surface area contributed by atoms with Gasteiger partial charge in [0.25, 0.3) is 5.91 Å². The summed E-state index contributed by atoms with van der Waals surface area (Å²) in [6, 6.07) is 20.4. The van der Waals surface area contributed by atoms with E-state index in [1.807, 2.05) is 0 Å². The zero-order chi connectivity index (χ0) is 24.5. The molecule has 8 heteroatoms. The lowest BCUT2D eigenvalue weighted by molar-refractivity contribution is -0.122. The van der Waals surface area contributed by atoms with Crippen LogP contribution in [0, 0.1) is 0 Å². The van der Waals surface area contributed by atoms with Crippen molar-refractivity contribution in [2.24, 2.45) is 0 Å². The molecule has 35 heavy (non-hydrogen) atoms. The lowest BCUT2D eigenvalue weighted by atomic mass is 9.87. The number of hydrogen-bond acceptors (Lipinski definition) is 7. The number of rotatable bonds is 5. The van der Waals surface area contributed by atoms with Crippen molar-refractivity contribution in [3.05, 3.63) is 99.9 Å². The Morgan fingerprint density at radius 3 is 2.31 bits per heavy atom. The number of carbonyl (C=O) groups excluding carboxylic acids is 2. The molecule has 0 radical (unpaired) electrons. The molecule has 5 rings (SSSR count). The number of ether oxygens (including phenoxy) is 3. The lowest BCUT2D eigenvalue weighted by Crippen LogP contribution is -2.35. The highest BCUT2D eigenvalue weighted by atomic mass is 16.5. The van der Waals surface area contributed by atoms with Crippen LogP contribution in [0.25, 0.3) is 11.0 Å². The molecule has 1 amide bonds. The normalized spacial score (nSPS) is 16.3. The van der Waals surface area contributed by atoms with Gasteiger partial charge in [-0.05, 0) is 54.1 Å². The quantitative estimate of drug-likeness (QED) is 0.345. The summed E-state index contributed by atoms with van der Waals surface area (Å²) in [4.78, 5) is 38.4. The number of esters is 1. The Bertz CT molecular complexity index is 1470. The zero-order valence-corrected chi connectivity index (χ0v) is 18.9. The van der Waals surface area contributed by atoms with Gasteiger partial charge in [0, 0.05) is 5.69 Å². The molecule has 0 fully saturated rings. The average molecular weight is 471 g/mol. The third-order valence-electron chi connectivity index (χ3n) is 5.96. The summed E-state index contributed by atoms with van der Waals surface area (Å²) in [5.74, 6) is -0.708. The molecule has 0 saturated carbocycles. The van der Waals surface area contributed by atoms with E-state index < -0.39 is 29.5 Å². The molecule has 1 aromatic heterocycles. The van der Waals surface area contributed by atoms with Crippen LogP contribution in [0.15, 0.2) is 82.0 Å². The summed E-state index contributed by atoms with van der Waals surface area (Å²) < 4.78 is 21.6. The number of nitrogens with one attached hydrogen (secondary N) is 1. The predicted octanol–water partition coefficient (Wildman–Crippen LogP) is 4.12. The van der Waals surface area contributed by atoms with Crippen molar-refractivity contribution in [3.63, 3.8) is 0 Å². The lowest BCUT2D eigenvalue weighted by Gasteiger charge is -2.19. The maximum Gasteiger partial charge on any atom is 0.344 e. The molecule has 1 N–H and O–H groups in total. The second kappa shape index (κ2) is 8.98. The van der Waals surface area contributed by atoms with E-state index in [4.69, 9.17) is 18.6 Å². The maximum atomic E-state index is 13.4. The zero-order valence-electron chi connectivity index (χ0n) is 18.9. The predicted molar refractivity (Wildman–Crippen MR) is 128 cm³/mol. The molecule has 0 aliphatic carbocycles. The summed E-state index contributed by atoms with van der Waals surface area (Å²) >= 11 is 0. The fraction of sp³-hybridized carbons (Fsp3) is 0.148. The van der Waals surface area contributed by atoms with Gasteiger partial charge < -0.3 is 23.9 Å². The minimum absolute atomic E-state index is 0.254. The van der Waals surface area contributed by atoms with Gasteiger partial charge >= 0.3 is 11.6 Å². The van der Waals surface area contributed by atoms with Crippen molar-refractivity contribution in [2.45, 2.75) is 12.0 Å². The molecule has 0 saturated heterocycles. The van der Waals surface area contributed by atoms with Crippen molar-refractivity contribution >= 4 is 28.5 Å². The van der Waals surface area contributed by atoms with E-state index in [2.05, 4.69) is 5.32 Å². The van der Waals surface area contributed by atoms with Gasteiger partial charge in [-0.25, -0.2) is 9.59 Å². The molecule has 1 aliphatic heterocycles. The van der Waals surface area contributed by atoms with Gasteiger partial charge in [-0.3, -0.25) is 4.79 Å². The number of amides is 1. The fourth-order valence-corrected chi connectivity index (χ4v) is 4.26. The third kappa shape index (κ3) is 3.99. The van der Waals surface area contributed by atoms with E-state index in [9.17, 15) is 14.4 Å². The summed E-state index contributed by atoms with van der Waals surface area (Å²) in [7, 11) is 2.86. The first-order valence-corrected chi connectivity index (χ1v) is 10.9. The Morgan fingerprint density at radius 1 is 0.914 bits per heavy atom. The minimum atomic E-state index is -1.05. The highest BCUT2D eigenvalue weighted by Gasteiger charge is 2.44. The van der Waals surface area contributed by atoms with Crippen molar-refractivity contribution < 1.29 is 28.2 Å². The van der Waals surface area contributed by atoms with Gasteiger partial charge in [-0.1, -0.05) is 24.3 Å². The van der Waals surface area contributed by atoms with Crippen LogP contribution >= 0.6 is 0 Å². The number of carbonyl (C=O) groups is 2. The molecule has 176 valence electrons. The SMILES string of the molecule is COC(=O)c1ccc([C@H]2c3c(c4ccccc4oc3=O)O[C@H]2C(=O)Nc2ccc(OC)cc2)cc1. The average Bonchev–Trinajstić information content (AvgIpc) is 3.31. The van der Waals surface area contributed by atoms with Crippen molar-refractivity contribution in [1.82, 2.24) is 0 Å². The summed E-state index contributed by atoms with van der Waals surface area (Å²) in [6.45, 7) is 0. The monoisotopic (exact) mass is 471 g/mol. The van der Waals surface area contributed by atoms with Crippen molar-refractivity contribution in [2.75, 3.05) is 19.5 Å². The summed E-state index contributed by atoms with van der Waals surface area (Å²) in [5.41, 5.74) is 1.55. The first kappa shape index (κ1) is 22.2. The highest BCUT2D eigenvalue weighted by molar-refractivity contribution is 5.98. The molecule has 1 aliphatic rings. The molecule has 0 spiro atoms. The Morgan fingerprint density at radius 2 is 1.63 bits per heavy atom. The van der Waals surface area contributed by atoms with E-state index in [-0.39, 0.29) is 5.56 Å². The van der Waals surface area contributed by atoms with Gasteiger partial charge in [0.05, 0.1) is 36.7 Å². The first-order valence-electron chi connectivity index (χ1n) is 10.9. The van der Waals surface area contributed by atoms with E-state index >= 15 is 0 Å². The van der Waals surface area contributed by atoms with Crippen LogP contribution in [0.3, 0.4) is 0 Å². The van der Waals surface area contributed by atoms with Crippen molar-refractivity contribution in [3.8, 4) is 11.5 Å². The van der Waals surface area contributed by atoms with Gasteiger partial charge in [0.2, 0.25) is 0 Å². The molecule has 0 unspecified atom stereocenters. The number of hydrogen-bond donors (Lipinski definition) is 1. The number of benzene rings is 3. The van der Waals surface area contributed by atoms with Crippen LogP contribution in [0.1, 0.15) is 27.4 Å². The van der Waals surface area contributed by atoms with Gasteiger partial charge in [0.15, 0.2) is 6.10 Å². The van der Waals surface area contributed by atoms with Crippen LogP contribution in [0.2, 0.25) is 0 Å². The Balaban J connectivity index is 1.58. The van der Waals surface area contributed by atoms with Gasteiger partial charge in [-0.15, -0.1) is 0 Å². The summed E-state index contributed by atoms with van der Waals surface area (Å²) in [6.07, 6.45) is -1.05. The maximum absolute atomic E-state index is 13.4. The number of fused-ring (bicyclic) bond motifs is 3. The van der Waals surface area contributed by atoms with E-state index in [0.29, 0.717) is 39.3 Å². The minimum Gasteiger partial charge on any atom is -0.497 e. The number of para-hydroxylation sites is 1. The molecule has 2 atom stereocenters. The summed E-state index contributed by atoms with van der Waals surface area (Å²) in [5, 5.41) is 3.45. The van der Waals surface area contributed by atoms with Gasteiger partial charge in [0.1, 0.15) is 17.1 Å². The van der Waals surface area contributed by atoms with Crippen molar-refractivity contribution in [1.29, 1.82) is 0 Å². The van der Waals surface area contributed by atoms with Crippen LogP contribution in [0.5, 0.6) is 11.5 Å². The van der Waals surface area contributed by atoms with E-state index in [0.717, 1.165) is 0 Å². The van der Waals surface area contributed by atoms with Crippen LogP contribution in [-0.2, 0) is 9.53 Å². The number of anilines is 1. The Labute approximate surface area is 200 Å². The first-order chi connectivity index (χ1) is 17.0. The van der Waals surface area contributed by atoms with E-state index in [1.54, 1.807) is 79.9 Å². The Kier molecular flexibility index (Phi) is 5.70.